The van der Waals surface area contributed by atoms with Crippen molar-refractivity contribution in [3.05, 3.63) is 0 Å². The molecule has 55 heavy (non-hydrogen) atoms. The molecule has 326 valence electrons. The van der Waals surface area contributed by atoms with E-state index in [2.05, 4.69) is 25.7 Å². The van der Waals surface area contributed by atoms with Crippen molar-refractivity contribution < 1.29 is 28.6 Å². The molecule has 0 radical (unpaired) electrons. The monoisotopic (exact) mass is 780 g/mol. The third-order valence-corrected chi connectivity index (χ3v) is 11.4. The summed E-state index contributed by atoms with van der Waals surface area (Å²) in [4.78, 5) is 40.8. The molecule has 2 unspecified atom stereocenters. The molecule has 7 nitrogen and oxygen atoms in total. The van der Waals surface area contributed by atoms with E-state index in [1.54, 1.807) is 0 Å². The maximum atomic E-state index is 13.2. The largest absolute Gasteiger partial charge is 0.465 e. The molecule has 0 rings (SSSR count). The average Bonchev–Trinajstić information content (AvgIpc) is 3.13. The van der Waals surface area contributed by atoms with Gasteiger partial charge in [0.1, 0.15) is 6.10 Å². The third-order valence-electron chi connectivity index (χ3n) is 11.4. The highest BCUT2D eigenvalue weighted by atomic mass is 16.5. The number of nitrogens with zero attached hydrogens (tertiary/aromatic N) is 1. The Hall–Kier alpha value is -1.63. The van der Waals surface area contributed by atoms with E-state index < -0.39 is 10.8 Å². The summed E-state index contributed by atoms with van der Waals surface area (Å²) >= 11 is 0. The van der Waals surface area contributed by atoms with Gasteiger partial charge in [0.15, 0.2) is 0 Å². The Morgan fingerprint density at radius 2 is 0.927 bits per heavy atom. The summed E-state index contributed by atoms with van der Waals surface area (Å²) in [7, 11) is 4.04. The SMILES string of the molecule is CCCCCCCCCOC(=O)C(C)(C)CCCCCC(CCCCCC(C)(C)C(=O)OCC(CCCCC)CCCCCCC)OC(=O)CCCN(C)C. The number of carbonyl (C=O) groups excluding carboxylic acids is 3. The van der Waals surface area contributed by atoms with Gasteiger partial charge in [0.05, 0.1) is 24.0 Å². The molecule has 0 fully saturated rings. The summed E-state index contributed by atoms with van der Waals surface area (Å²) in [5.74, 6) is 0.227. The quantitative estimate of drug-likeness (QED) is 0.0349. The normalized spacial score (nSPS) is 13.2. The van der Waals surface area contributed by atoms with E-state index in [4.69, 9.17) is 14.2 Å². The molecule has 0 N–H and O–H groups in total. The second kappa shape index (κ2) is 34.4. The molecule has 0 bridgehead atoms. The van der Waals surface area contributed by atoms with Gasteiger partial charge in [0.2, 0.25) is 0 Å². The number of hydrogen-bond acceptors (Lipinski definition) is 7. The van der Waals surface area contributed by atoms with Gasteiger partial charge in [-0.05, 0) is 118 Å². The van der Waals surface area contributed by atoms with E-state index in [0.29, 0.717) is 25.6 Å². The lowest BCUT2D eigenvalue weighted by atomic mass is 9.86. The first-order chi connectivity index (χ1) is 26.3. The summed E-state index contributed by atoms with van der Waals surface area (Å²) in [6, 6.07) is 0. The van der Waals surface area contributed by atoms with Crippen LogP contribution in [0.15, 0.2) is 0 Å². The third kappa shape index (κ3) is 31.1. The lowest BCUT2D eigenvalue weighted by Gasteiger charge is -2.25. The molecule has 0 saturated heterocycles. The van der Waals surface area contributed by atoms with Crippen LogP contribution in [0.3, 0.4) is 0 Å². The molecule has 0 aromatic rings. The predicted octanol–water partition coefficient (Wildman–Crippen LogP) is 13.6. The Labute approximate surface area is 341 Å². The van der Waals surface area contributed by atoms with Crippen LogP contribution in [-0.2, 0) is 28.6 Å². The minimum absolute atomic E-state index is 0.0619. The van der Waals surface area contributed by atoms with Gasteiger partial charge < -0.3 is 19.1 Å². The van der Waals surface area contributed by atoms with Crippen molar-refractivity contribution in [2.75, 3.05) is 33.9 Å². The lowest BCUT2D eigenvalue weighted by Crippen LogP contribution is -2.28. The molecule has 7 heteroatoms. The van der Waals surface area contributed by atoms with Crippen molar-refractivity contribution >= 4 is 17.9 Å². The van der Waals surface area contributed by atoms with Gasteiger partial charge in [-0.15, -0.1) is 0 Å². The lowest BCUT2D eigenvalue weighted by molar-refractivity contribution is -0.156. The fourth-order valence-corrected chi connectivity index (χ4v) is 7.32. The first-order valence-electron chi connectivity index (χ1n) is 23.5. The Morgan fingerprint density at radius 1 is 0.509 bits per heavy atom. The minimum Gasteiger partial charge on any atom is -0.465 e. The Balaban J connectivity index is 4.75. The molecular weight excluding hydrogens is 687 g/mol. The molecular formula is C48H93NO6. The highest BCUT2D eigenvalue weighted by Crippen LogP contribution is 2.29. The van der Waals surface area contributed by atoms with Crippen LogP contribution in [0.25, 0.3) is 0 Å². The average molecular weight is 780 g/mol. The number of carbonyl (C=O) groups is 3. The molecule has 0 heterocycles. The van der Waals surface area contributed by atoms with Crippen molar-refractivity contribution in [1.82, 2.24) is 4.90 Å². The van der Waals surface area contributed by atoms with Gasteiger partial charge in [-0.3, -0.25) is 14.4 Å². The zero-order chi connectivity index (χ0) is 41.2. The highest BCUT2D eigenvalue weighted by Gasteiger charge is 2.30. The predicted molar refractivity (Wildman–Crippen MR) is 232 cm³/mol. The van der Waals surface area contributed by atoms with Crippen molar-refractivity contribution in [2.45, 2.75) is 241 Å². The standard InChI is InChI=1S/C48H93NO6/c1-10-13-16-18-19-21-30-40-53-45(51)47(4,5)37-28-22-26-34-43(55-44(50)36-31-39-49(8)9)35-27-23-29-38-48(6,7)46(52)54-41-42(32-24-15-12-3)33-25-20-17-14-11-2/h42-43H,10-41H2,1-9H3. The van der Waals surface area contributed by atoms with Gasteiger partial charge in [0.25, 0.3) is 0 Å². The maximum Gasteiger partial charge on any atom is 0.311 e. The van der Waals surface area contributed by atoms with Gasteiger partial charge in [-0.2, -0.15) is 0 Å². The molecule has 0 aromatic heterocycles. The zero-order valence-electron chi connectivity index (χ0n) is 38.2. The van der Waals surface area contributed by atoms with E-state index in [9.17, 15) is 14.4 Å². The van der Waals surface area contributed by atoms with Gasteiger partial charge in [0, 0.05) is 6.42 Å². The number of ether oxygens (including phenoxy) is 3. The van der Waals surface area contributed by atoms with E-state index in [1.807, 2.05) is 41.8 Å². The maximum absolute atomic E-state index is 13.2. The number of rotatable bonds is 39. The summed E-state index contributed by atoms with van der Waals surface area (Å²) < 4.78 is 17.7. The van der Waals surface area contributed by atoms with Crippen LogP contribution >= 0.6 is 0 Å². The Bertz CT molecular complexity index is 931. The van der Waals surface area contributed by atoms with Crippen molar-refractivity contribution in [2.24, 2.45) is 16.7 Å². The first-order valence-corrected chi connectivity index (χ1v) is 23.5. The second-order valence-corrected chi connectivity index (χ2v) is 18.4. The highest BCUT2D eigenvalue weighted by molar-refractivity contribution is 5.76. The van der Waals surface area contributed by atoms with Crippen LogP contribution in [0.2, 0.25) is 0 Å². The fourth-order valence-electron chi connectivity index (χ4n) is 7.32. The van der Waals surface area contributed by atoms with E-state index >= 15 is 0 Å². The van der Waals surface area contributed by atoms with Gasteiger partial charge in [-0.25, -0.2) is 0 Å². The minimum atomic E-state index is -0.499. The summed E-state index contributed by atoms with van der Waals surface area (Å²) in [5, 5.41) is 0. The van der Waals surface area contributed by atoms with E-state index in [-0.39, 0.29) is 24.0 Å². The fraction of sp³-hybridized carbons (Fsp3) is 0.938. The van der Waals surface area contributed by atoms with Crippen molar-refractivity contribution in [3.8, 4) is 0 Å². The van der Waals surface area contributed by atoms with Crippen LogP contribution < -0.4 is 0 Å². The molecule has 0 spiro atoms. The number of unbranched alkanes of at least 4 members (excludes halogenated alkanes) is 16. The van der Waals surface area contributed by atoms with Gasteiger partial charge >= 0.3 is 17.9 Å². The Morgan fingerprint density at radius 3 is 1.45 bits per heavy atom. The molecule has 0 aromatic carbocycles. The van der Waals surface area contributed by atoms with Crippen LogP contribution in [-0.4, -0.2) is 62.8 Å². The number of esters is 3. The summed E-state index contributed by atoms with van der Waals surface area (Å²) in [6.45, 7) is 16.7. The second-order valence-electron chi connectivity index (χ2n) is 18.4. The van der Waals surface area contributed by atoms with E-state index in [1.165, 1.54) is 83.5 Å². The van der Waals surface area contributed by atoms with Crippen LogP contribution in [0.1, 0.15) is 235 Å². The first kappa shape index (κ1) is 53.4. The zero-order valence-corrected chi connectivity index (χ0v) is 38.2. The molecule has 0 aliphatic carbocycles. The Kier molecular flexibility index (Phi) is 33.4. The van der Waals surface area contributed by atoms with Crippen LogP contribution in [0, 0.1) is 16.7 Å². The van der Waals surface area contributed by atoms with Crippen LogP contribution in [0.4, 0.5) is 0 Å². The molecule has 2 atom stereocenters. The summed E-state index contributed by atoms with van der Waals surface area (Å²) in [6.07, 6.45) is 31.1. The van der Waals surface area contributed by atoms with Crippen molar-refractivity contribution in [1.29, 1.82) is 0 Å². The molecule has 0 aliphatic heterocycles. The molecule has 0 saturated carbocycles. The van der Waals surface area contributed by atoms with Crippen molar-refractivity contribution in [3.63, 3.8) is 0 Å². The van der Waals surface area contributed by atoms with Crippen LogP contribution in [0.5, 0.6) is 0 Å². The van der Waals surface area contributed by atoms with Gasteiger partial charge in [-0.1, -0.05) is 136 Å². The molecule has 0 aliphatic rings. The molecule has 0 amide bonds. The summed E-state index contributed by atoms with van der Waals surface area (Å²) in [5.41, 5.74) is -0.981. The smallest absolute Gasteiger partial charge is 0.311 e. The number of hydrogen-bond donors (Lipinski definition) is 0. The van der Waals surface area contributed by atoms with E-state index in [0.717, 1.165) is 103 Å². The topological polar surface area (TPSA) is 82.1 Å².